The van der Waals surface area contributed by atoms with Crippen molar-refractivity contribution in [1.82, 2.24) is 10.3 Å². The third kappa shape index (κ3) is 4.27. The predicted molar refractivity (Wildman–Crippen MR) is 81.0 cm³/mol. The van der Waals surface area contributed by atoms with Crippen molar-refractivity contribution in [2.45, 2.75) is 17.9 Å². The molecule has 2 heterocycles. The maximum absolute atomic E-state index is 11.5. The van der Waals surface area contributed by atoms with Crippen LogP contribution >= 0.6 is 0 Å². The number of hydrogen-bond acceptors (Lipinski definition) is 5. The molecule has 1 aromatic heterocycles. The fraction of sp³-hybridized carbons (Fsp3) is 0.333. The van der Waals surface area contributed by atoms with Gasteiger partial charge in [-0.3, -0.25) is 9.11 Å². The Morgan fingerprint density at radius 1 is 1.14 bits per heavy atom. The van der Waals surface area contributed by atoms with Gasteiger partial charge in [0.1, 0.15) is 0 Å². The Balaban J connectivity index is 0.000000309. The second-order valence-electron chi connectivity index (χ2n) is 4.94. The summed E-state index contributed by atoms with van der Waals surface area (Å²) in [7, 11) is -7.80. The number of sulfone groups is 1. The van der Waals surface area contributed by atoms with Gasteiger partial charge in [-0.2, -0.15) is 8.42 Å². The first kappa shape index (κ1) is 16.9. The van der Waals surface area contributed by atoms with Crippen molar-refractivity contribution in [1.29, 1.82) is 0 Å². The monoisotopic (exact) mass is 348 g/mol. The van der Waals surface area contributed by atoms with Crippen molar-refractivity contribution in [2.24, 2.45) is 0 Å². The zero-order valence-electron chi connectivity index (χ0n) is 11.7. The largest absolute Gasteiger partial charge is 0.394 e. The quantitative estimate of drug-likeness (QED) is 0.553. The van der Waals surface area contributed by atoms with Crippen LogP contribution in [0.1, 0.15) is 11.3 Å². The van der Waals surface area contributed by atoms with Gasteiger partial charge in [0.25, 0.3) is 0 Å². The fourth-order valence-corrected chi connectivity index (χ4v) is 3.00. The van der Waals surface area contributed by atoms with E-state index in [-0.39, 0.29) is 0 Å². The summed E-state index contributed by atoms with van der Waals surface area (Å²) >= 11 is 0. The van der Waals surface area contributed by atoms with Crippen molar-refractivity contribution in [2.75, 3.05) is 12.8 Å². The molecule has 3 rings (SSSR count). The molecule has 1 aromatic carbocycles. The highest BCUT2D eigenvalue weighted by atomic mass is 32.3. The Morgan fingerprint density at radius 2 is 1.77 bits per heavy atom. The van der Waals surface area contributed by atoms with E-state index >= 15 is 0 Å². The van der Waals surface area contributed by atoms with Crippen LogP contribution in [0.25, 0.3) is 10.9 Å². The third-order valence-corrected chi connectivity index (χ3v) is 4.36. The molecule has 0 fully saturated rings. The van der Waals surface area contributed by atoms with Gasteiger partial charge in [-0.15, -0.1) is 0 Å². The van der Waals surface area contributed by atoms with Crippen LogP contribution in [0.15, 0.2) is 23.1 Å². The van der Waals surface area contributed by atoms with Crippen molar-refractivity contribution < 1.29 is 25.9 Å². The molecule has 0 saturated carbocycles. The van der Waals surface area contributed by atoms with E-state index in [1.165, 1.54) is 17.5 Å². The first-order chi connectivity index (χ1) is 10.1. The Bertz CT molecular complexity index is 891. The summed E-state index contributed by atoms with van der Waals surface area (Å²) in [6.45, 7) is 1.78. The number of fused-ring (bicyclic) bond motifs is 3. The maximum Gasteiger partial charge on any atom is 0.394 e. The van der Waals surface area contributed by atoms with E-state index in [1.807, 2.05) is 6.07 Å². The van der Waals surface area contributed by atoms with Gasteiger partial charge in [0.05, 0.1) is 4.90 Å². The second-order valence-corrected chi connectivity index (χ2v) is 7.85. The van der Waals surface area contributed by atoms with E-state index < -0.39 is 20.2 Å². The highest BCUT2D eigenvalue weighted by molar-refractivity contribution is 7.90. The smallest absolute Gasteiger partial charge is 0.358 e. The van der Waals surface area contributed by atoms with Crippen molar-refractivity contribution >= 4 is 31.1 Å². The number of aromatic nitrogens is 1. The van der Waals surface area contributed by atoms with E-state index in [4.69, 9.17) is 17.5 Å². The predicted octanol–water partition coefficient (Wildman–Crippen LogP) is 0.564. The summed E-state index contributed by atoms with van der Waals surface area (Å²) < 4.78 is 54.7. The van der Waals surface area contributed by atoms with Gasteiger partial charge in [-0.05, 0) is 23.8 Å². The second kappa shape index (κ2) is 5.97. The van der Waals surface area contributed by atoms with E-state index in [9.17, 15) is 8.42 Å². The van der Waals surface area contributed by atoms with Gasteiger partial charge in [0.15, 0.2) is 9.84 Å². The van der Waals surface area contributed by atoms with Crippen LogP contribution in [-0.4, -0.2) is 43.7 Å². The SMILES string of the molecule is CS(=O)(=O)c1ccc2[nH]c3c(c2c1)CNCC3.O=S(=O)(O)O. The minimum Gasteiger partial charge on any atom is -0.358 e. The molecule has 122 valence electrons. The molecule has 0 radical (unpaired) electrons. The lowest BCUT2D eigenvalue weighted by atomic mass is 10.1. The molecule has 0 saturated heterocycles. The van der Waals surface area contributed by atoms with Crippen molar-refractivity contribution in [3.05, 3.63) is 29.5 Å². The zero-order valence-corrected chi connectivity index (χ0v) is 13.3. The fourth-order valence-electron chi connectivity index (χ4n) is 2.36. The summed E-state index contributed by atoms with van der Waals surface area (Å²) in [5, 5.41) is 4.33. The molecule has 0 spiro atoms. The van der Waals surface area contributed by atoms with Gasteiger partial charge in [-0.1, -0.05) is 0 Å². The number of nitrogens with one attached hydrogen (secondary N) is 2. The molecule has 0 amide bonds. The molecular formula is C12H16N2O6S2. The number of aromatic amines is 1. The lowest BCUT2D eigenvalue weighted by Gasteiger charge is -2.12. The molecule has 2 aromatic rings. The molecule has 4 N–H and O–H groups in total. The highest BCUT2D eigenvalue weighted by Crippen LogP contribution is 2.27. The van der Waals surface area contributed by atoms with Crippen molar-refractivity contribution in [3.8, 4) is 0 Å². The van der Waals surface area contributed by atoms with E-state index in [1.54, 1.807) is 12.1 Å². The van der Waals surface area contributed by atoms with Crippen LogP contribution in [0.3, 0.4) is 0 Å². The van der Waals surface area contributed by atoms with Crippen LogP contribution in [0.4, 0.5) is 0 Å². The number of H-pyrrole nitrogens is 1. The summed E-state index contributed by atoms with van der Waals surface area (Å²) in [4.78, 5) is 3.75. The maximum atomic E-state index is 11.5. The number of benzene rings is 1. The molecule has 1 aliphatic rings. The van der Waals surface area contributed by atoms with Crippen LogP contribution in [0.5, 0.6) is 0 Å². The first-order valence-electron chi connectivity index (χ1n) is 6.30. The molecular weight excluding hydrogens is 332 g/mol. The topological polar surface area (TPSA) is 137 Å². The Labute approximate surface area is 128 Å². The lowest BCUT2D eigenvalue weighted by Crippen LogP contribution is -2.22. The van der Waals surface area contributed by atoms with Crippen LogP contribution in [-0.2, 0) is 33.2 Å². The normalized spacial score (nSPS) is 15.0. The van der Waals surface area contributed by atoms with Crippen LogP contribution in [0, 0.1) is 0 Å². The molecule has 10 heteroatoms. The molecule has 8 nitrogen and oxygen atoms in total. The van der Waals surface area contributed by atoms with E-state index in [2.05, 4.69) is 10.3 Å². The summed E-state index contributed by atoms with van der Waals surface area (Å²) in [5.41, 5.74) is 3.45. The number of hydrogen-bond donors (Lipinski definition) is 4. The highest BCUT2D eigenvalue weighted by Gasteiger charge is 2.16. The average Bonchev–Trinajstić information content (AvgIpc) is 2.73. The van der Waals surface area contributed by atoms with Gasteiger partial charge < -0.3 is 10.3 Å². The molecule has 1 aliphatic heterocycles. The molecule has 22 heavy (non-hydrogen) atoms. The van der Waals surface area contributed by atoms with Gasteiger partial charge in [-0.25, -0.2) is 8.42 Å². The molecule has 0 bridgehead atoms. The van der Waals surface area contributed by atoms with E-state index in [0.29, 0.717) is 4.90 Å². The number of rotatable bonds is 1. The van der Waals surface area contributed by atoms with Gasteiger partial charge in [0.2, 0.25) is 0 Å². The third-order valence-electron chi connectivity index (χ3n) is 3.25. The average molecular weight is 348 g/mol. The summed E-state index contributed by atoms with van der Waals surface area (Å²) in [6, 6.07) is 5.28. The summed E-state index contributed by atoms with van der Waals surface area (Å²) in [5.74, 6) is 0. The Hall–Kier alpha value is -1.46. The van der Waals surface area contributed by atoms with Crippen molar-refractivity contribution in [3.63, 3.8) is 0 Å². The van der Waals surface area contributed by atoms with Crippen LogP contribution in [0.2, 0.25) is 0 Å². The minimum atomic E-state index is -4.67. The molecule has 0 atom stereocenters. The van der Waals surface area contributed by atoms with Gasteiger partial charge >= 0.3 is 10.4 Å². The van der Waals surface area contributed by atoms with Crippen LogP contribution < -0.4 is 5.32 Å². The first-order valence-corrected chi connectivity index (χ1v) is 9.58. The Morgan fingerprint density at radius 3 is 2.36 bits per heavy atom. The molecule has 0 aliphatic carbocycles. The molecule has 0 unspecified atom stereocenters. The standard InChI is InChI=1S/C12H14N2O2S.H2O4S/c1-17(15,16)8-2-3-11-9(6-8)10-7-13-5-4-12(10)14-11;1-5(2,3)4/h2-3,6,13-14H,4-5,7H2,1H3;(H2,1,2,3,4). The zero-order chi connectivity index (χ0) is 16.5. The van der Waals surface area contributed by atoms with E-state index in [0.717, 1.165) is 30.4 Å². The Kier molecular flexibility index (Phi) is 4.59. The lowest BCUT2D eigenvalue weighted by molar-refractivity contribution is 0.381. The minimum absolute atomic E-state index is 0.386. The summed E-state index contributed by atoms with van der Waals surface area (Å²) in [6.07, 6.45) is 2.21. The van der Waals surface area contributed by atoms with Gasteiger partial charge in [0, 0.05) is 42.4 Å².